The molecule has 0 N–H and O–H groups in total. The van der Waals surface area contributed by atoms with Crippen molar-refractivity contribution in [1.82, 2.24) is 0 Å². The smallest absolute Gasteiger partial charge is 0.00262 e. The van der Waals surface area contributed by atoms with E-state index in [1.807, 2.05) is 0 Å². The zero-order chi connectivity index (χ0) is 30.5. The van der Waals surface area contributed by atoms with Gasteiger partial charge in [0.1, 0.15) is 0 Å². The fraction of sp³-hybridized carbons (Fsp3) is 0.0435. The fourth-order valence-corrected chi connectivity index (χ4v) is 7.54. The Bertz CT molecular complexity index is 2410. The van der Waals surface area contributed by atoms with Crippen LogP contribution in [0.5, 0.6) is 0 Å². The molecule has 0 aliphatic heterocycles. The van der Waals surface area contributed by atoms with Crippen molar-refractivity contribution in [2.24, 2.45) is 0 Å². The number of hydrogen-bond donors (Lipinski definition) is 0. The van der Waals surface area contributed by atoms with E-state index in [1.165, 1.54) is 88.0 Å². The van der Waals surface area contributed by atoms with E-state index in [1.54, 1.807) is 0 Å². The highest BCUT2D eigenvalue weighted by atomic mass is 14.2. The molecule has 0 nitrogen and oxygen atoms in total. The Morgan fingerprint density at radius 1 is 0.370 bits per heavy atom. The summed E-state index contributed by atoms with van der Waals surface area (Å²) < 4.78 is 0. The second-order valence-corrected chi connectivity index (χ2v) is 12.4. The zero-order valence-electron chi connectivity index (χ0n) is 25.6. The van der Waals surface area contributed by atoms with E-state index in [0.29, 0.717) is 0 Å². The van der Waals surface area contributed by atoms with Crippen molar-refractivity contribution in [3.63, 3.8) is 0 Å². The van der Waals surface area contributed by atoms with Crippen LogP contribution in [-0.4, -0.2) is 0 Å². The molecular weight excluding hydrogens is 553 g/mol. The molecule has 0 saturated carbocycles. The SMILES string of the molecule is C1=Cc2ccc(-c3c4ccccc4c(-c4cccc(-c5cccc(-c6cccc7ccccc67)c5)c4)c4ccccc34)cc2CC1. The summed E-state index contributed by atoms with van der Waals surface area (Å²) in [5, 5.41) is 7.72. The first kappa shape index (κ1) is 26.7. The molecule has 0 fully saturated rings. The first-order valence-corrected chi connectivity index (χ1v) is 16.2. The van der Waals surface area contributed by atoms with E-state index < -0.39 is 0 Å². The van der Waals surface area contributed by atoms with Crippen LogP contribution in [0.15, 0.2) is 164 Å². The molecule has 0 heteroatoms. The maximum absolute atomic E-state index is 2.43. The van der Waals surface area contributed by atoms with Gasteiger partial charge in [-0.25, -0.2) is 0 Å². The Kier molecular flexibility index (Phi) is 6.39. The van der Waals surface area contributed by atoms with E-state index in [-0.39, 0.29) is 0 Å². The molecule has 0 radical (unpaired) electrons. The summed E-state index contributed by atoms with van der Waals surface area (Å²) in [5.74, 6) is 0. The summed E-state index contributed by atoms with van der Waals surface area (Å²) in [6.45, 7) is 0. The van der Waals surface area contributed by atoms with E-state index in [4.69, 9.17) is 0 Å². The van der Waals surface area contributed by atoms with Crippen molar-refractivity contribution in [2.75, 3.05) is 0 Å². The van der Waals surface area contributed by atoms with Crippen LogP contribution in [0.4, 0.5) is 0 Å². The lowest BCUT2D eigenvalue weighted by molar-refractivity contribution is 0.986. The first-order chi connectivity index (χ1) is 22.8. The molecule has 0 spiro atoms. The van der Waals surface area contributed by atoms with Crippen LogP contribution in [0.25, 0.3) is 82.9 Å². The molecule has 0 atom stereocenters. The van der Waals surface area contributed by atoms with Crippen LogP contribution >= 0.6 is 0 Å². The van der Waals surface area contributed by atoms with Gasteiger partial charge in [-0.2, -0.15) is 0 Å². The number of aryl methyl sites for hydroxylation is 1. The molecule has 8 aromatic carbocycles. The zero-order valence-corrected chi connectivity index (χ0v) is 25.6. The van der Waals surface area contributed by atoms with Gasteiger partial charge in [0.15, 0.2) is 0 Å². The maximum Gasteiger partial charge on any atom is -0.00262 e. The third-order valence-corrected chi connectivity index (χ3v) is 9.69. The molecule has 46 heavy (non-hydrogen) atoms. The van der Waals surface area contributed by atoms with Crippen molar-refractivity contribution in [2.45, 2.75) is 12.8 Å². The lowest BCUT2D eigenvalue weighted by Crippen LogP contribution is -1.96. The third-order valence-electron chi connectivity index (χ3n) is 9.69. The Balaban J connectivity index is 1.22. The lowest BCUT2D eigenvalue weighted by atomic mass is 9.84. The minimum Gasteiger partial charge on any atom is -0.0836 e. The predicted molar refractivity (Wildman–Crippen MR) is 198 cm³/mol. The maximum atomic E-state index is 2.43. The van der Waals surface area contributed by atoms with E-state index in [0.717, 1.165) is 12.8 Å². The van der Waals surface area contributed by atoms with Crippen LogP contribution in [-0.2, 0) is 6.42 Å². The molecule has 0 bridgehead atoms. The summed E-state index contributed by atoms with van der Waals surface area (Å²) in [7, 11) is 0. The molecule has 0 saturated heterocycles. The Morgan fingerprint density at radius 3 is 1.59 bits per heavy atom. The predicted octanol–water partition coefficient (Wildman–Crippen LogP) is 12.8. The van der Waals surface area contributed by atoms with Crippen molar-refractivity contribution in [3.05, 3.63) is 175 Å². The molecule has 8 aromatic rings. The Hall–Kier alpha value is -5.72. The minimum atomic E-state index is 1.10. The van der Waals surface area contributed by atoms with Crippen LogP contribution < -0.4 is 0 Å². The fourth-order valence-electron chi connectivity index (χ4n) is 7.54. The van der Waals surface area contributed by atoms with Gasteiger partial charge in [0, 0.05) is 0 Å². The van der Waals surface area contributed by atoms with Crippen molar-refractivity contribution < 1.29 is 0 Å². The topological polar surface area (TPSA) is 0 Å². The summed E-state index contributed by atoms with van der Waals surface area (Å²) in [6, 6.07) is 58.3. The highest BCUT2D eigenvalue weighted by Crippen LogP contribution is 2.45. The summed E-state index contributed by atoms with van der Waals surface area (Å²) >= 11 is 0. The number of rotatable bonds is 4. The first-order valence-electron chi connectivity index (χ1n) is 16.2. The quantitative estimate of drug-likeness (QED) is 0.181. The third kappa shape index (κ3) is 4.45. The van der Waals surface area contributed by atoms with Gasteiger partial charge in [-0.3, -0.25) is 0 Å². The average Bonchev–Trinajstić information content (AvgIpc) is 3.13. The highest BCUT2D eigenvalue weighted by molar-refractivity contribution is 6.21. The lowest BCUT2D eigenvalue weighted by Gasteiger charge is -2.19. The summed E-state index contributed by atoms with van der Waals surface area (Å²) in [5.41, 5.74) is 12.9. The highest BCUT2D eigenvalue weighted by Gasteiger charge is 2.18. The molecule has 1 aliphatic rings. The van der Waals surface area contributed by atoms with Gasteiger partial charge in [0.2, 0.25) is 0 Å². The van der Waals surface area contributed by atoms with Crippen molar-refractivity contribution in [3.8, 4) is 44.5 Å². The standard InChI is InChI=1S/C46H32/c1-2-14-33-29-38(27-26-31(33)12-1)46-43-23-7-5-21-41(43)45(42-22-6-8-24-44(42)46)37-19-10-17-35(30-37)34-16-9-18-36(28-34)40-25-11-15-32-13-3-4-20-39(32)40/h1,3-13,15-30H,2,14H2. The molecular formula is C46H32. The minimum absolute atomic E-state index is 1.10. The number of hydrogen-bond acceptors (Lipinski definition) is 0. The monoisotopic (exact) mass is 584 g/mol. The molecule has 216 valence electrons. The van der Waals surface area contributed by atoms with E-state index in [9.17, 15) is 0 Å². The van der Waals surface area contributed by atoms with Gasteiger partial charge in [0.25, 0.3) is 0 Å². The molecule has 9 rings (SSSR count). The van der Waals surface area contributed by atoms with Crippen LogP contribution in [0, 0.1) is 0 Å². The molecule has 0 unspecified atom stereocenters. The number of fused-ring (bicyclic) bond motifs is 4. The second-order valence-electron chi connectivity index (χ2n) is 12.4. The van der Waals surface area contributed by atoms with Crippen molar-refractivity contribution >= 4 is 38.4 Å². The Morgan fingerprint density at radius 2 is 0.891 bits per heavy atom. The molecule has 1 aliphatic carbocycles. The average molecular weight is 585 g/mol. The molecule has 0 heterocycles. The van der Waals surface area contributed by atoms with Crippen molar-refractivity contribution in [1.29, 1.82) is 0 Å². The van der Waals surface area contributed by atoms with Gasteiger partial charge in [0.05, 0.1) is 0 Å². The van der Waals surface area contributed by atoms with Gasteiger partial charge in [-0.05, 0) is 113 Å². The van der Waals surface area contributed by atoms with Gasteiger partial charge in [-0.1, -0.05) is 158 Å². The van der Waals surface area contributed by atoms with E-state index in [2.05, 4.69) is 170 Å². The van der Waals surface area contributed by atoms with Gasteiger partial charge >= 0.3 is 0 Å². The van der Waals surface area contributed by atoms with E-state index >= 15 is 0 Å². The normalized spacial score (nSPS) is 12.5. The number of benzene rings is 8. The second kappa shape index (κ2) is 11.0. The van der Waals surface area contributed by atoms with Crippen LogP contribution in [0.3, 0.4) is 0 Å². The van der Waals surface area contributed by atoms with Gasteiger partial charge < -0.3 is 0 Å². The molecule has 0 aromatic heterocycles. The van der Waals surface area contributed by atoms with Gasteiger partial charge in [-0.15, -0.1) is 0 Å². The van der Waals surface area contributed by atoms with Crippen LogP contribution in [0.2, 0.25) is 0 Å². The Labute approximate surface area is 269 Å². The summed E-state index contributed by atoms with van der Waals surface area (Å²) in [6.07, 6.45) is 6.77. The number of allylic oxidation sites excluding steroid dienone is 1. The largest absolute Gasteiger partial charge is 0.0836 e. The molecule has 0 amide bonds. The summed E-state index contributed by atoms with van der Waals surface area (Å²) in [4.78, 5) is 0. The van der Waals surface area contributed by atoms with Crippen LogP contribution in [0.1, 0.15) is 17.5 Å².